The van der Waals surface area contributed by atoms with Crippen LogP contribution in [0.1, 0.15) is 0 Å². The molecule has 0 fully saturated rings. The number of hydrogen-bond acceptors (Lipinski definition) is 3. The van der Waals surface area contributed by atoms with E-state index in [0.29, 0.717) is 0 Å². The van der Waals surface area contributed by atoms with E-state index in [-0.39, 0.29) is 13.6 Å². The van der Waals surface area contributed by atoms with E-state index < -0.39 is 0 Å². The molecule has 0 aliphatic rings. The second-order valence-electron chi connectivity index (χ2n) is 5.68. The number of ether oxygens (including phenoxy) is 3. The van der Waals surface area contributed by atoms with Crippen LogP contribution >= 0.6 is 0 Å². The minimum absolute atomic E-state index is 0.138. The van der Waals surface area contributed by atoms with Gasteiger partial charge in [-0.1, -0.05) is 72.8 Å². The van der Waals surface area contributed by atoms with Crippen molar-refractivity contribution in [3.63, 3.8) is 0 Å². The first-order valence-corrected chi connectivity index (χ1v) is 8.21. The molecule has 0 aliphatic carbocycles. The summed E-state index contributed by atoms with van der Waals surface area (Å²) in [6, 6.07) is 28.2. The van der Waals surface area contributed by atoms with E-state index in [1.165, 1.54) is 0 Å². The monoisotopic (exact) mass is 330 g/mol. The molecule has 4 aromatic rings. The Kier molecular flexibility index (Phi) is 4.49. The predicted octanol–water partition coefficient (Wildman–Crippen LogP) is 5.38. The molecular weight excluding hydrogens is 312 g/mol. The summed E-state index contributed by atoms with van der Waals surface area (Å²) in [6.07, 6.45) is 0. The summed E-state index contributed by atoms with van der Waals surface area (Å²) in [5, 5.41) is 4.44. The van der Waals surface area contributed by atoms with Crippen molar-refractivity contribution in [3.8, 4) is 11.5 Å². The first-order valence-electron chi connectivity index (χ1n) is 8.21. The fourth-order valence-electron chi connectivity index (χ4n) is 2.89. The Labute approximate surface area is 146 Å². The molecule has 0 aromatic heterocycles. The molecule has 0 saturated carbocycles. The molecule has 0 spiro atoms. The molecule has 0 radical (unpaired) electrons. The van der Waals surface area contributed by atoms with Crippen LogP contribution in [0.4, 0.5) is 0 Å². The topological polar surface area (TPSA) is 27.7 Å². The molecule has 4 aromatic carbocycles. The smallest absolute Gasteiger partial charge is 0.192 e. The van der Waals surface area contributed by atoms with Crippen molar-refractivity contribution in [3.05, 3.63) is 84.9 Å². The molecule has 4 rings (SSSR count). The van der Waals surface area contributed by atoms with Gasteiger partial charge in [-0.2, -0.15) is 0 Å². The molecule has 3 nitrogen and oxygen atoms in total. The summed E-state index contributed by atoms with van der Waals surface area (Å²) >= 11 is 0. The molecule has 0 unspecified atom stereocenters. The summed E-state index contributed by atoms with van der Waals surface area (Å²) in [7, 11) is 0. The third kappa shape index (κ3) is 3.42. The zero-order valence-corrected chi connectivity index (χ0v) is 13.7. The second-order valence-corrected chi connectivity index (χ2v) is 5.68. The van der Waals surface area contributed by atoms with Gasteiger partial charge in [0.05, 0.1) is 0 Å². The maximum absolute atomic E-state index is 5.74. The molecule has 0 heterocycles. The Hall–Kier alpha value is -3.04. The van der Waals surface area contributed by atoms with E-state index in [0.717, 1.165) is 33.0 Å². The Morgan fingerprint density at radius 2 is 0.920 bits per heavy atom. The minimum atomic E-state index is 0.138. The Bertz CT molecular complexity index is 902. The average Bonchev–Trinajstić information content (AvgIpc) is 2.68. The summed E-state index contributed by atoms with van der Waals surface area (Å²) in [5.41, 5.74) is 0. The van der Waals surface area contributed by atoms with E-state index in [1.54, 1.807) is 0 Å². The van der Waals surface area contributed by atoms with Crippen LogP contribution in [0.2, 0.25) is 0 Å². The zero-order chi connectivity index (χ0) is 16.9. The normalized spacial score (nSPS) is 10.9. The van der Waals surface area contributed by atoms with Gasteiger partial charge in [-0.05, 0) is 22.9 Å². The number of rotatable bonds is 6. The van der Waals surface area contributed by atoms with Crippen molar-refractivity contribution >= 4 is 21.5 Å². The third-order valence-corrected chi connectivity index (χ3v) is 4.09. The van der Waals surface area contributed by atoms with Gasteiger partial charge in [-0.25, -0.2) is 0 Å². The number of hydrogen-bond donors (Lipinski definition) is 0. The molecule has 124 valence electrons. The van der Waals surface area contributed by atoms with Gasteiger partial charge in [-0.15, -0.1) is 0 Å². The lowest BCUT2D eigenvalue weighted by Gasteiger charge is -2.12. The average molecular weight is 330 g/mol. The predicted molar refractivity (Wildman–Crippen MR) is 100.0 cm³/mol. The van der Waals surface area contributed by atoms with Crippen molar-refractivity contribution in [2.45, 2.75) is 0 Å². The fraction of sp³-hybridized carbons (Fsp3) is 0.0909. The minimum Gasteiger partial charge on any atom is -0.467 e. The third-order valence-electron chi connectivity index (χ3n) is 4.09. The van der Waals surface area contributed by atoms with Gasteiger partial charge >= 0.3 is 0 Å². The van der Waals surface area contributed by atoms with Gasteiger partial charge in [0.25, 0.3) is 0 Å². The van der Waals surface area contributed by atoms with Crippen LogP contribution in [0.25, 0.3) is 21.5 Å². The van der Waals surface area contributed by atoms with Crippen LogP contribution in [0.15, 0.2) is 84.9 Å². The largest absolute Gasteiger partial charge is 0.467 e. The second kappa shape index (κ2) is 7.24. The Morgan fingerprint density at radius 3 is 1.44 bits per heavy atom. The van der Waals surface area contributed by atoms with E-state index in [9.17, 15) is 0 Å². The van der Waals surface area contributed by atoms with Crippen LogP contribution in [-0.2, 0) is 4.74 Å². The molecule has 0 N–H and O–H groups in total. The first kappa shape index (κ1) is 15.5. The Morgan fingerprint density at radius 1 is 0.480 bits per heavy atom. The van der Waals surface area contributed by atoms with Gasteiger partial charge in [-0.3, -0.25) is 0 Å². The van der Waals surface area contributed by atoms with E-state index in [2.05, 4.69) is 24.3 Å². The van der Waals surface area contributed by atoms with Crippen molar-refractivity contribution < 1.29 is 14.2 Å². The Balaban J connectivity index is 1.35. The van der Waals surface area contributed by atoms with Gasteiger partial charge in [0.2, 0.25) is 0 Å². The van der Waals surface area contributed by atoms with Crippen LogP contribution in [-0.4, -0.2) is 13.6 Å². The lowest BCUT2D eigenvalue weighted by molar-refractivity contribution is -0.0526. The highest BCUT2D eigenvalue weighted by molar-refractivity contribution is 5.88. The molecular formula is C22H18O3. The molecule has 25 heavy (non-hydrogen) atoms. The van der Waals surface area contributed by atoms with Crippen molar-refractivity contribution in [1.82, 2.24) is 0 Å². The number of benzene rings is 4. The van der Waals surface area contributed by atoms with E-state index in [1.807, 2.05) is 60.7 Å². The van der Waals surface area contributed by atoms with E-state index in [4.69, 9.17) is 14.2 Å². The lowest BCUT2D eigenvalue weighted by Crippen LogP contribution is -2.09. The van der Waals surface area contributed by atoms with Crippen LogP contribution in [0.5, 0.6) is 11.5 Å². The van der Waals surface area contributed by atoms with Gasteiger partial charge in [0, 0.05) is 10.8 Å². The molecule has 0 aliphatic heterocycles. The van der Waals surface area contributed by atoms with Crippen molar-refractivity contribution in [1.29, 1.82) is 0 Å². The first-order chi connectivity index (χ1) is 12.4. The van der Waals surface area contributed by atoms with Crippen LogP contribution in [0, 0.1) is 0 Å². The molecule has 0 saturated heterocycles. The highest BCUT2D eigenvalue weighted by Crippen LogP contribution is 2.26. The molecule has 0 bridgehead atoms. The number of fused-ring (bicyclic) bond motifs is 2. The summed E-state index contributed by atoms with van der Waals surface area (Å²) in [4.78, 5) is 0. The standard InChI is InChI=1S/C22H18O3/c1-3-11-19-17(7-1)9-5-13-21(19)24-15-23-16-25-22-14-6-10-18-8-2-4-12-20(18)22/h1-14H,15-16H2. The van der Waals surface area contributed by atoms with Crippen LogP contribution in [0.3, 0.4) is 0 Å². The lowest BCUT2D eigenvalue weighted by atomic mass is 10.1. The highest BCUT2D eigenvalue weighted by Gasteiger charge is 2.03. The summed E-state index contributed by atoms with van der Waals surface area (Å²) < 4.78 is 17.0. The van der Waals surface area contributed by atoms with Gasteiger partial charge in [0.15, 0.2) is 13.6 Å². The molecule has 3 heteroatoms. The fourth-order valence-corrected chi connectivity index (χ4v) is 2.89. The summed E-state index contributed by atoms with van der Waals surface area (Å²) in [5.74, 6) is 1.62. The van der Waals surface area contributed by atoms with E-state index >= 15 is 0 Å². The van der Waals surface area contributed by atoms with Gasteiger partial charge < -0.3 is 14.2 Å². The highest BCUT2D eigenvalue weighted by atomic mass is 16.7. The SMILES string of the molecule is c1ccc2c(OCOCOc3cccc4ccccc34)cccc2c1. The van der Waals surface area contributed by atoms with Crippen LogP contribution < -0.4 is 9.47 Å². The zero-order valence-electron chi connectivity index (χ0n) is 13.7. The van der Waals surface area contributed by atoms with Crippen molar-refractivity contribution in [2.24, 2.45) is 0 Å². The molecule has 0 amide bonds. The molecule has 0 atom stereocenters. The maximum atomic E-state index is 5.74. The quantitative estimate of drug-likeness (QED) is 0.351. The van der Waals surface area contributed by atoms with Gasteiger partial charge in [0.1, 0.15) is 11.5 Å². The maximum Gasteiger partial charge on any atom is 0.192 e. The van der Waals surface area contributed by atoms with Crippen molar-refractivity contribution in [2.75, 3.05) is 13.6 Å². The summed E-state index contributed by atoms with van der Waals surface area (Å²) in [6.45, 7) is 0.275.